The van der Waals surface area contributed by atoms with Crippen molar-refractivity contribution in [3.05, 3.63) is 70.9 Å². The molecule has 1 aromatic heterocycles. The first-order valence-corrected chi connectivity index (χ1v) is 15.5. The minimum absolute atomic E-state index is 0.101. The van der Waals surface area contributed by atoms with E-state index in [1.807, 2.05) is 7.05 Å². The number of aromatic nitrogens is 1. The van der Waals surface area contributed by atoms with Gasteiger partial charge in [0.05, 0.1) is 33.8 Å². The number of ether oxygens (including phenoxy) is 1. The number of nitrogens with one attached hydrogen (secondary N) is 4. The second kappa shape index (κ2) is 15.4. The monoisotopic (exact) mass is 601 g/mol. The number of halogens is 1. The molecule has 3 aromatic rings. The van der Waals surface area contributed by atoms with Crippen LogP contribution in [0.5, 0.6) is 5.75 Å². The Bertz CT molecular complexity index is 1450. The van der Waals surface area contributed by atoms with Gasteiger partial charge < -0.3 is 26.0 Å². The van der Waals surface area contributed by atoms with Gasteiger partial charge in [-0.05, 0) is 75.0 Å². The van der Waals surface area contributed by atoms with Crippen molar-refractivity contribution < 1.29 is 22.7 Å². The molecule has 0 spiro atoms. The lowest BCUT2D eigenvalue weighted by Gasteiger charge is -2.16. The number of carbonyl (C=O) groups is 2. The third-order valence-corrected chi connectivity index (χ3v) is 7.61. The summed E-state index contributed by atoms with van der Waals surface area (Å²) in [6.07, 6.45) is 7.74. The van der Waals surface area contributed by atoms with Crippen molar-refractivity contribution in [3.8, 4) is 5.75 Å². The van der Waals surface area contributed by atoms with E-state index in [-0.39, 0.29) is 27.5 Å². The molecule has 2 amide bonds. The lowest BCUT2D eigenvalue weighted by atomic mass is 10.1. The van der Waals surface area contributed by atoms with Crippen molar-refractivity contribution in [1.82, 2.24) is 10.3 Å². The third kappa shape index (κ3) is 9.73. The Morgan fingerprint density at radius 3 is 2.22 bits per heavy atom. The first-order chi connectivity index (χ1) is 19.6. The zero-order valence-corrected chi connectivity index (χ0v) is 25.0. The molecule has 0 fully saturated rings. The Morgan fingerprint density at radius 1 is 0.854 bits per heavy atom. The Labute approximate surface area is 246 Å². The number of benzene rings is 2. The number of nitrogens with zero attached hydrogens (tertiary/aromatic N) is 1. The van der Waals surface area contributed by atoms with Gasteiger partial charge in [0.25, 0.3) is 11.8 Å². The van der Waals surface area contributed by atoms with Crippen LogP contribution in [0.15, 0.2) is 59.6 Å². The van der Waals surface area contributed by atoms with E-state index in [1.165, 1.54) is 37.6 Å². The molecule has 1 heterocycles. The van der Waals surface area contributed by atoms with Crippen LogP contribution in [-0.4, -0.2) is 58.7 Å². The molecule has 0 unspecified atom stereocenters. The lowest BCUT2D eigenvalue weighted by Crippen LogP contribution is -2.20. The van der Waals surface area contributed by atoms with E-state index in [1.54, 1.807) is 24.3 Å². The molecule has 0 radical (unpaired) electrons. The second-order valence-corrected chi connectivity index (χ2v) is 11.9. The summed E-state index contributed by atoms with van der Waals surface area (Å²) in [5.74, 6) is -0.328. The van der Waals surface area contributed by atoms with Gasteiger partial charge >= 0.3 is 0 Å². The normalized spacial score (nSPS) is 11.1. The van der Waals surface area contributed by atoms with Crippen LogP contribution in [0.4, 0.5) is 17.2 Å². The fourth-order valence-electron chi connectivity index (χ4n) is 4.05. The largest absolute Gasteiger partial charge is 0.497 e. The molecular weight excluding hydrogens is 566 g/mol. The third-order valence-electron chi connectivity index (χ3n) is 6.27. The second-order valence-electron chi connectivity index (χ2n) is 9.46. The van der Waals surface area contributed by atoms with Crippen molar-refractivity contribution in [2.75, 3.05) is 49.5 Å². The number of rotatable bonds is 15. The maximum Gasteiger partial charge on any atom is 0.259 e. The maximum absolute atomic E-state index is 13.5. The van der Waals surface area contributed by atoms with Gasteiger partial charge in [0.2, 0.25) is 0 Å². The fourth-order valence-corrected chi connectivity index (χ4v) is 4.81. The molecule has 12 heteroatoms. The number of carbonyl (C=O) groups excluding carboxylic acids is 2. The van der Waals surface area contributed by atoms with Crippen molar-refractivity contribution in [3.63, 3.8) is 0 Å². The SMILES string of the molecule is CNCCCCCCCNc1cc(S(C)(=O)=O)ccc1C(=O)Nc1ccc(OC)cc1C(=O)Nc1ccc(Cl)cn1. The molecule has 0 aliphatic heterocycles. The van der Waals surface area contributed by atoms with Crippen LogP contribution in [0.3, 0.4) is 0 Å². The number of amides is 2. The number of unbranched alkanes of at least 4 members (excludes halogenated alkanes) is 4. The van der Waals surface area contributed by atoms with E-state index in [2.05, 4.69) is 26.3 Å². The molecular formula is C29H36ClN5O5S. The summed E-state index contributed by atoms with van der Waals surface area (Å²) >= 11 is 5.88. The summed E-state index contributed by atoms with van der Waals surface area (Å²) in [6.45, 7) is 1.56. The standard InChI is InChI=1S/C29H36ClN5O5S/c1-31-15-7-5-4-6-8-16-32-26-18-22(41(3,38)39)11-12-23(26)28(36)34-25-13-10-21(40-2)17-24(25)29(37)35-27-14-9-20(30)19-33-27/h9-14,17-19,31-32H,4-8,15-16H2,1-3H3,(H,34,36)(H,33,35,37). The Morgan fingerprint density at radius 2 is 1.56 bits per heavy atom. The topological polar surface area (TPSA) is 139 Å². The van der Waals surface area contributed by atoms with Crippen LogP contribution in [0, 0.1) is 0 Å². The van der Waals surface area contributed by atoms with Gasteiger partial charge in [-0.3, -0.25) is 9.59 Å². The lowest BCUT2D eigenvalue weighted by molar-refractivity contribution is 0.102. The summed E-state index contributed by atoms with van der Waals surface area (Å²) in [7, 11) is -0.0837. The summed E-state index contributed by atoms with van der Waals surface area (Å²) in [4.78, 5) is 30.8. The summed E-state index contributed by atoms with van der Waals surface area (Å²) < 4.78 is 29.7. The van der Waals surface area contributed by atoms with Crippen molar-refractivity contribution in [2.45, 2.75) is 37.0 Å². The highest BCUT2D eigenvalue weighted by molar-refractivity contribution is 7.90. The maximum atomic E-state index is 13.5. The minimum atomic E-state index is -3.49. The van der Waals surface area contributed by atoms with Crippen molar-refractivity contribution in [1.29, 1.82) is 0 Å². The molecule has 0 bridgehead atoms. The van der Waals surface area contributed by atoms with Gasteiger partial charge in [0.15, 0.2) is 9.84 Å². The molecule has 0 atom stereocenters. The van der Waals surface area contributed by atoms with Gasteiger partial charge in [0.1, 0.15) is 11.6 Å². The number of hydrogen-bond donors (Lipinski definition) is 4. The first-order valence-electron chi connectivity index (χ1n) is 13.3. The first kappa shape index (κ1) is 31.9. The average molecular weight is 602 g/mol. The number of methoxy groups -OCH3 is 1. The van der Waals surface area contributed by atoms with Crippen LogP contribution in [-0.2, 0) is 9.84 Å². The van der Waals surface area contributed by atoms with Gasteiger partial charge in [-0.1, -0.05) is 30.9 Å². The highest BCUT2D eigenvalue weighted by Gasteiger charge is 2.20. The highest BCUT2D eigenvalue weighted by Crippen LogP contribution is 2.27. The molecule has 0 aliphatic rings. The van der Waals surface area contributed by atoms with Crippen molar-refractivity contribution >= 4 is 50.4 Å². The van der Waals surface area contributed by atoms with E-state index < -0.39 is 21.7 Å². The van der Waals surface area contributed by atoms with E-state index in [0.29, 0.717) is 23.0 Å². The summed E-state index contributed by atoms with van der Waals surface area (Å²) in [5, 5.41) is 12.3. The Hall–Kier alpha value is -3.67. The summed E-state index contributed by atoms with van der Waals surface area (Å²) in [6, 6.07) is 12.2. The van der Waals surface area contributed by atoms with Gasteiger partial charge in [0, 0.05) is 24.7 Å². The predicted octanol–water partition coefficient (Wildman–Crippen LogP) is 5.23. The Balaban J connectivity index is 1.80. The summed E-state index contributed by atoms with van der Waals surface area (Å²) in [5.41, 5.74) is 1.02. The van der Waals surface area contributed by atoms with Crippen LogP contribution in [0.2, 0.25) is 5.02 Å². The molecule has 41 heavy (non-hydrogen) atoms. The molecule has 2 aromatic carbocycles. The number of pyridine rings is 1. The molecule has 10 nitrogen and oxygen atoms in total. The van der Waals surface area contributed by atoms with Crippen LogP contribution < -0.4 is 26.0 Å². The quantitative estimate of drug-likeness (QED) is 0.174. The number of hydrogen-bond acceptors (Lipinski definition) is 8. The number of anilines is 3. The van der Waals surface area contributed by atoms with E-state index in [0.717, 1.165) is 44.9 Å². The van der Waals surface area contributed by atoms with E-state index >= 15 is 0 Å². The molecule has 0 saturated heterocycles. The zero-order chi connectivity index (χ0) is 29.8. The Kier molecular flexibility index (Phi) is 11.9. The molecule has 3 rings (SSSR count). The van der Waals surface area contributed by atoms with E-state index in [9.17, 15) is 18.0 Å². The smallest absolute Gasteiger partial charge is 0.259 e. The van der Waals surface area contributed by atoms with Gasteiger partial charge in [-0.2, -0.15) is 0 Å². The van der Waals surface area contributed by atoms with E-state index in [4.69, 9.17) is 16.3 Å². The van der Waals surface area contributed by atoms with Crippen molar-refractivity contribution in [2.24, 2.45) is 0 Å². The van der Waals surface area contributed by atoms with Crippen LogP contribution in [0.1, 0.15) is 52.8 Å². The predicted molar refractivity (Wildman–Crippen MR) is 163 cm³/mol. The average Bonchev–Trinajstić information content (AvgIpc) is 2.95. The minimum Gasteiger partial charge on any atom is -0.497 e. The highest BCUT2D eigenvalue weighted by atomic mass is 35.5. The zero-order valence-electron chi connectivity index (χ0n) is 23.4. The van der Waals surface area contributed by atoms with Crippen LogP contribution >= 0.6 is 11.6 Å². The number of sulfone groups is 1. The van der Waals surface area contributed by atoms with Gasteiger partial charge in [-0.25, -0.2) is 13.4 Å². The molecule has 220 valence electrons. The molecule has 0 saturated carbocycles. The molecule has 0 aliphatic carbocycles. The fraction of sp³-hybridized carbons (Fsp3) is 0.345. The van der Waals surface area contributed by atoms with Crippen LogP contribution in [0.25, 0.3) is 0 Å². The molecule has 4 N–H and O–H groups in total. The van der Waals surface area contributed by atoms with Gasteiger partial charge in [-0.15, -0.1) is 0 Å².